The van der Waals surface area contributed by atoms with Gasteiger partial charge in [0, 0.05) is 17.4 Å². The van der Waals surface area contributed by atoms with Crippen LogP contribution in [0.5, 0.6) is 0 Å². The van der Waals surface area contributed by atoms with Crippen molar-refractivity contribution in [2.45, 2.75) is 26.2 Å². The standard InChI is InChI=1S/C12H17N3S2/c1-2-6-13-7-3-4-11-14-15-12(17-11)10-5-8-16-9-10/h5,8-9,13H,2-4,6-7H2,1H3. The Hall–Kier alpha value is -0.780. The first kappa shape index (κ1) is 12.7. The van der Waals surface area contributed by atoms with Gasteiger partial charge in [0.15, 0.2) is 0 Å². The molecule has 5 heteroatoms. The van der Waals surface area contributed by atoms with E-state index in [-0.39, 0.29) is 0 Å². The molecule has 0 aliphatic heterocycles. The topological polar surface area (TPSA) is 37.8 Å². The zero-order valence-electron chi connectivity index (χ0n) is 9.98. The van der Waals surface area contributed by atoms with E-state index in [0.29, 0.717) is 0 Å². The highest BCUT2D eigenvalue weighted by atomic mass is 32.1. The van der Waals surface area contributed by atoms with Crippen molar-refractivity contribution >= 4 is 22.7 Å². The van der Waals surface area contributed by atoms with Gasteiger partial charge in [-0.3, -0.25) is 0 Å². The molecular weight excluding hydrogens is 250 g/mol. The van der Waals surface area contributed by atoms with E-state index < -0.39 is 0 Å². The maximum absolute atomic E-state index is 4.24. The third kappa shape index (κ3) is 3.87. The molecule has 0 aliphatic carbocycles. The van der Waals surface area contributed by atoms with E-state index in [1.807, 2.05) is 0 Å². The summed E-state index contributed by atoms with van der Waals surface area (Å²) in [4.78, 5) is 0. The summed E-state index contributed by atoms with van der Waals surface area (Å²) in [5.74, 6) is 0. The van der Waals surface area contributed by atoms with Gasteiger partial charge in [-0.2, -0.15) is 11.3 Å². The van der Waals surface area contributed by atoms with Crippen LogP contribution in [0.1, 0.15) is 24.8 Å². The first-order valence-corrected chi connectivity index (χ1v) is 7.71. The molecular formula is C12H17N3S2. The maximum Gasteiger partial charge on any atom is 0.148 e. The Morgan fingerprint density at radius 2 is 2.24 bits per heavy atom. The van der Waals surface area contributed by atoms with Crippen LogP contribution < -0.4 is 5.32 Å². The van der Waals surface area contributed by atoms with E-state index in [2.05, 4.69) is 39.3 Å². The quantitative estimate of drug-likeness (QED) is 0.783. The number of thiophene rings is 1. The Bertz CT molecular complexity index is 423. The number of hydrogen-bond acceptors (Lipinski definition) is 5. The lowest BCUT2D eigenvalue weighted by Gasteiger charge is -1.99. The molecule has 0 radical (unpaired) electrons. The number of aryl methyl sites for hydroxylation is 1. The van der Waals surface area contributed by atoms with Gasteiger partial charge in [-0.15, -0.1) is 10.2 Å². The molecule has 1 N–H and O–H groups in total. The molecule has 0 aromatic carbocycles. The van der Waals surface area contributed by atoms with E-state index in [0.717, 1.165) is 35.9 Å². The molecule has 2 aromatic heterocycles. The summed E-state index contributed by atoms with van der Waals surface area (Å²) in [6, 6.07) is 2.10. The number of nitrogens with one attached hydrogen (secondary N) is 1. The van der Waals surface area contributed by atoms with Crippen molar-refractivity contribution in [3.8, 4) is 10.6 Å². The van der Waals surface area contributed by atoms with Crippen LogP contribution in [0.3, 0.4) is 0 Å². The first-order valence-electron chi connectivity index (χ1n) is 5.96. The third-order valence-electron chi connectivity index (χ3n) is 2.41. The second-order valence-corrected chi connectivity index (χ2v) is 5.71. The summed E-state index contributed by atoms with van der Waals surface area (Å²) in [5.41, 5.74) is 1.20. The Labute approximate surface area is 110 Å². The Morgan fingerprint density at radius 1 is 1.29 bits per heavy atom. The van der Waals surface area contributed by atoms with Crippen molar-refractivity contribution in [1.29, 1.82) is 0 Å². The highest BCUT2D eigenvalue weighted by molar-refractivity contribution is 7.15. The summed E-state index contributed by atoms with van der Waals surface area (Å²) >= 11 is 3.41. The van der Waals surface area contributed by atoms with E-state index in [9.17, 15) is 0 Å². The molecule has 2 heterocycles. The largest absolute Gasteiger partial charge is 0.317 e. The third-order valence-corrected chi connectivity index (χ3v) is 4.12. The minimum Gasteiger partial charge on any atom is -0.317 e. The second kappa shape index (κ2) is 6.83. The molecule has 17 heavy (non-hydrogen) atoms. The molecule has 0 atom stereocenters. The highest BCUT2D eigenvalue weighted by Crippen LogP contribution is 2.25. The second-order valence-electron chi connectivity index (χ2n) is 3.87. The molecule has 0 amide bonds. The molecule has 92 valence electrons. The predicted molar refractivity (Wildman–Crippen MR) is 74.7 cm³/mol. The Morgan fingerprint density at radius 3 is 3.00 bits per heavy atom. The van der Waals surface area contributed by atoms with Crippen LogP contribution in [0, 0.1) is 0 Å². The average molecular weight is 267 g/mol. The molecule has 0 bridgehead atoms. The lowest BCUT2D eigenvalue weighted by atomic mass is 10.3. The van der Waals surface area contributed by atoms with Crippen molar-refractivity contribution in [2.24, 2.45) is 0 Å². The minimum absolute atomic E-state index is 1.03. The number of aromatic nitrogens is 2. The van der Waals surface area contributed by atoms with E-state index in [1.165, 1.54) is 12.0 Å². The van der Waals surface area contributed by atoms with E-state index in [1.54, 1.807) is 22.7 Å². The SMILES string of the molecule is CCCNCCCc1nnc(-c2ccsc2)s1. The fourth-order valence-corrected chi connectivity index (χ4v) is 3.12. The molecule has 2 rings (SSSR count). The van der Waals surface area contributed by atoms with Crippen LogP contribution >= 0.6 is 22.7 Å². The molecule has 3 nitrogen and oxygen atoms in total. The molecule has 0 aliphatic rings. The van der Waals surface area contributed by atoms with Crippen LogP contribution in [-0.4, -0.2) is 23.3 Å². The van der Waals surface area contributed by atoms with E-state index >= 15 is 0 Å². The molecule has 2 aromatic rings. The number of rotatable bonds is 7. The molecule has 0 spiro atoms. The van der Waals surface area contributed by atoms with Gasteiger partial charge in [-0.05, 0) is 37.4 Å². The minimum atomic E-state index is 1.03. The highest BCUT2D eigenvalue weighted by Gasteiger charge is 2.06. The van der Waals surface area contributed by atoms with Gasteiger partial charge in [-0.25, -0.2) is 0 Å². The van der Waals surface area contributed by atoms with Gasteiger partial charge in [0.25, 0.3) is 0 Å². The van der Waals surface area contributed by atoms with Crippen LogP contribution in [0.15, 0.2) is 16.8 Å². The molecule has 0 saturated heterocycles. The summed E-state index contributed by atoms with van der Waals surface area (Å²) in [6.45, 7) is 4.36. The van der Waals surface area contributed by atoms with Gasteiger partial charge in [-0.1, -0.05) is 18.3 Å². The van der Waals surface area contributed by atoms with Crippen LogP contribution in [0.25, 0.3) is 10.6 Å². The number of hydrogen-bond donors (Lipinski definition) is 1. The molecule has 0 saturated carbocycles. The van der Waals surface area contributed by atoms with Crippen molar-refractivity contribution in [3.05, 3.63) is 21.8 Å². The van der Waals surface area contributed by atoms with Crippen molar-refractivity contribution in [1.82, 2.24) is 15.5 Å². The smallest absolute Gasteiger partial charge is 0.148 e. The summed E-state index contributed by atoms with van der Waals surface area (Å²) in [6.07, 6.45) is 3.36. The fraction of sp³-hybridized carbons (Fsp3) is 0.500. The van der Waals surface area contributed by atoms with Crippen molar-refractivity contribution in [3.63, 3.8) is 0 Å². The zero-order chi connectivity index (χ0) is 11.9. The van der Waals surface area contributed by atoms with Crippen molar-refractivity contribution < 1.29 is 0 Å². The van der Waals surface area contributed by atoms with Crippen LogP contribution in [0.2, 0.25) is 0 Å². The monoisotopic (exact) mass is 267 g/mol. The maximum atomic E-state index is 4.24. The van der Waals surface area contributed by atoms with Gasteiger partial charge in [0.1, 0.15) is 10.0 Å². The van der Waals surface area contributed by atoms with Gasteiger partial charge >= 0.3 is 0 Å². The van der Waals surface area contributed by atoms with Gasteiger partial charge in [0.2, 0.25) is 0 Å². The van der Waals surface area contributed by atoms with Gasteiger partial charge < -0.3 is 5.32 Å². The molecule has 0 unspecified atom stereocenters. The summed E-state index contributed by atoms with van der Waals surface area (Å²) in [7, 11) is 0. The van der Waals surface area contributed by atoms with Crippen molar-refractivity contribution in [2.75, 3.05) is 13.1 Å². The van der Waals surface area contributed by atoms with E-state index in [4.69, 9.17) is 0 Å². The fourth-order valence-electron chi connectivity index (χ4n) is 1.52. The first-order chi connectivity index (χ1) is 8.40. The lowest BCUT2D eigenvalue weighted by molar-refractivity contribution is 0.637. The zero-order valence-corrected chi connectivity index (χ0v) is 11.6. The lowest BCUT2D eigenvalue weighted by Crippen LogP contribution is -2.16. The number of nitrogens with zero attached hydrogens (tertiary/aromatic N) is 2. The van der Waals surface area contributed by atoms with Crippen LogP contribution in [0.4, 0.5) is 0 Å². The van der Waals surface area contributed by atoms with Gasteiger partial charge in [0.05, 0.1) is 0 Å². The van der Waals surface area contributed by atoms with Crippen LogP contribution in [-0.2, 0) is 6.42 Å². The normalized spacial score (nSPS) is 10.9. The predicted octanol–water partition coefficient (Wildman–Crippen LogP) is 3.20. The summed E-state index contributed by atoms with van der Waals surface area (Å²) < 4.78 is 0. The Kier molecular flexibility index (Phi) is 5.09. The average Bonchev–Trinajstić information content (AvgIpc) is 2.99. The Balaban J connectivity index is 1.79. The molecule has 0 fully saturated rings. The summed E-state index contributed by atoms with van der Waals surface area (Å²) in [5, 5.41) is 18.2.